The lowest BCUT2D eigenvalue weighted by Gasteiger charge is -2.34. The molecule has 222 valence electrons. The number of sulfone groups is 1. The second-order valence-electron chi connectivity index (χ2n) is 9.88. The van der Waals surface area contributed by atoms with Crippen molar-refractivity contribution in [2.24, 2.45) is 0 Å². The third-order valence-electron chi connectivity index (χ3n) is 6.88. The van der Waals surface area contributed by atoms with Crippen LogP contribution in [-0.2, 0) is 9.84 Å². The lowest BCUT2D eigenvalue weighted by Crippen LogP contribution is -2.52. The van der Waals surface area contributed by atoms with E-state index in [1.165, 1.54) is 24.3 Å². The minimum atomic E-state index is -4.60. The van der Waals surface area contributed by atoms with Gasteiger partial charge in [0.1, 0.15) is 11.6 Å². The van der Waals surface area contributed by atoms with Crippen LogP contribution >= 0.6 is 23.2 Å². The fourth-order valence-electron chi connectivity index (χ4n) is 4.59. The number of hydrogen-bond acceptors (Lipinski definition) is 5. The van der Waals surface area contributed by atoms with Gasteiger partial charge in [0.15, 0.2) is 0 Å². The summed E-state index contributed by atoms with van der Waals surface area (Å²) >= 11 is 11.9. The van der Waals surface area contributed by atoms with Crippen LogP contribution < -0.4 is 10.1 Å². The van der Waals surface area contributed by atoms with E-state index in [0.29, 0.717) is 39.9 Å². The molecule has 0 saturated carbocycles. The number of carbonyl (C=O) groups excluding carboxylic acids is 1. The van der Waals surface area contributed by atoms with Gasteiger partial charge in [-0.25, -0.2) is 17.2 Å². The van der Waals surface area contributed by atoms with Crippen molar-refractivity contribution in [3.05, 3.63) is 118 Å². The van der Waals surface area contributed by atoms with Gasteiger partial charge in [-0.2, -0.15) is 0 Å². The van der Waals surface area contributed by atoms with Crippen LogP contribution in [0.15, 0.2) is 102 Å². The number of nitrogens with one attached hydrogen (secondary N) is 1. The van der Waals surface area contributed by atoms with Crippen molar-refractivity contribution in [1.29, 1.82) is 0 Å². The zero-order chi connectivity index (χ0) is 30.5. The van der Waals surface area contributed by atoms with Crippen molar-refractivity contribution in [1.82, 2.24) is 10.2 Å². The largest absolute Gasteiger partial charge is 0.493 e. The monoisotopic (exact) mass is 634 g/mol. The number of para-hydroxylation sites is 1. The molecule has 3 atom stereocenters. The number of allylic oxidation sites excluding steroid dienone is 2. The average molecular weight is 636 g/mol. The van der Waals surface area contributed by atoms with E-state index in [0.717, 1.165) is 18.2 Å². The molecule has 0 radical (unpaired) electrons. The van der Waals surface area contributed by atoms with E-state index in [1.54, 1.807) is 67.4 Å². The summed E-state index contributed by atoms with van der Waals surface area (Å²) < 4.78 is 63.5. The van der Waals surface area contributed by atoms with Crippen molar-refractivity contribution < 1.29 is 26.7 Å². The Hall–Kier alpha value is -3.24. The number of alkyl halides is 1. The maximum Gasteiger partial charge on any atom is 0.253 e. The van der Waals surface area contributed by atoms with Crippen molar-refractivity contribution in [3.63, 3.8) is 0 Å². The number of benzene rings is 3. The lowest BCUT2D eigenvalue weighted by molar-refractivity contribution is 0.0787. The molecular formula is C31H30Cl2F2N2O4S. The van der Waals surface area contributed by atoms with Crippen molar-refractivity contribution in [3.8, 4) is 5.75 Å². The number of hydrogen-bond donors (Lipinski definition) is 1. The zero-order valence-electron chi connectivity index (χ0n) is 22.9. The van der Waals surface area contributed by atoms with Crippen molar-refractivity contribution in [2.75, 3.05) is 20.2 Å². The van der Waals surface area contributed by atoms with Crippen LogP contribution in [0.3, 0.4) is 0 Å². The fourth-order valence-corrected chi connectivity index (χ4v) is 6.48. The first-order valence-electron chi connectivity index (χ1n) is 13.2. The normalized spacial score (nSPS) is 19.2. The molecule has 0 fully saturated rings. The second kappa shape index (κ2) is 13.4. The summed E-state index contributed by atoms with van der Waals surface area (Å²) in [6, 6.07) is 16.7. The van der Waals surface area contributed by atoms with E-state index < -0.39 is 32.7 Å². The highest BCUT2D eigenvalue weighted by atomic mass is 35.5. The molecule has 42 heavy (non-hydrogen) atoms. The third kappa shape index (κ3) is 7.03. The van der Waals surface area contributed by atoms with Crippen molar-refractivity contribution in [2.45, 2.75) is 35.3 Å². The molecule has 11 heteroatoms. The first-order valence-corrected chi connectivity index (χ1v) is 15.4. The minimum Gasteiger partial charge on any atom is -0.493 e. The molecule has 0 heterocycles. The van der Waals surface area contributed by atoms with Crippen molar-refractivity contribution >= 4 is 38.9 Å². The molecule has 4 rings (SSSR count). The van der Waals surface area contributed by atoms with Crippen LogP contribution in [0.4, 0.5) is 8.78 Å². The second-order valence-corrected chi connectivity index (χ2v) is 12.9. The van der Waals surface area contributed by atoms with Gasteiger partial charge in [0.25, 0.3) is 10.9 Å². The summed E-state index contributed by atoms with van der Waals surface area (Å²) in [6.45, 7) is 2.40. The van der Waals surface area contributed by atoms with E-state index in [4.69, 9.17) is 27.9 Å². The van der Waals surface area contributed by atoms with Crippen LogP contribution in [0.25, 0.3) is 0 Å². The topological polar surface area (TPSA) is 75.7 Å². The molecule has 1 aliphatic rings. The van der Waals surface area contributed by atoms with Gasteiger partial charge in [0, 0.05) is 40.8 Å². The van der Waals surface area contributed by atoms with Gasteiger partial charge >= 0.3 is 0 Å². The maximum absolute atomic E-state index is 16.4. The highest BCUT2D eigenvalue weighted by molar-refractivity contribution is 7.93. The van der Waals surface area contributed by atoms with Crippen LogP contribution in [0.5, 0.6) is 5.75 Å². The molecule has 1 N–H and O–H groups in total. The highest BCUT2D eigenvalue weighted by Gasteiger charge is 2.51. The standard InChI is InChI=1S/C31H30Cl2F2N2O4S/c1-21(36-29-20-25(34)15-16-31(29,35)42(39,40)26-13-11-23(32)12-14-26)27-9-3-4-10-28(27)41-18-6-17-37(2)30(38)22-7-5-8-24(33)19-22/h3-5,7-16,19-21,29,36H,6,17-18H2,1-2H3. The number of amides is 1. The summed E-state index contributed by atoms with van der Waals surface area (Å²) in [5.41, 5.74) is 1.11. The van der Waals surface area contributed by atoms with Gasteiger partial charge in [0.2, 0.25) is 9.84 Å². The molecule has 1 aliphatic carbocycles. The number of nitrogens with zero attached hydrogens (tertiary/aromatic N) is 1. The van der Waals surface area contributed by atoms with E-state index in [9.17, 15) is 17.6 Å². The van der Waals surface area contributed by atoms with E-state index in [1.807, 2.05) is 0 Å². The molecular weight excluding hydrogens is 605 g/mol. The van der Waals surface area contributed by atoms with Crippen LogP contribution in [0.2, 0.25) is 10.0 Å². The quantitative estimate of drug-likeness (QED) is 0.227. The van der Waals surface area contributed by atoms with E-state index in [-0.39, 0.29) is 17.4 Å². The Balaban J connectivity index is 1.44. The van der Waals surface area contributed by atoms with Gasteiger partial charge in [-0.3, -0.25) is 10.1 Å². The Morgan fingerprint density at radius 2 is 1.79 bits per heavy atom. The Morgan fingerprint density at radius 3 is 2.50 bits per heavy atom. The Morgan fingerprint density at radius 1 is 1.07 bits per heavy atom. The fraction of sp³-hybridized carbons (Fsp3) is 0.258. The van der Waals surface area contributed by atoms with Gasteiger partial charge < -0.3 is 9.64 Å². The molecule has 3 aromatic rings. The molecule has 0 saturated heterocycles. The third-order valence-corrected chi connectivity index (χ3v) is 9.48. The Labute approximate surface area is 254 Å². The van der Waals surface area contributed by atoms with E-state index >= 15 is 4.39 Å². The SMILES string of the molecule is CC(NC1C=C(F)C=CC1(F)S(=O)(=O)c1ccc(Cl)cc1)c1ccccc1OCCCN(C)C(=O)c1cccc(Cl)c1. The number of rotatable bonds is 11. The molecule has 0 aromatic heterocycles. The molecule has 6 nitrogen and oxygen atoms in total. The average Bonchev–Trinajstić information content (AvgIpc) is 2.97. The summed E-state index contributed by atoms with van der Waals surface area (Å²) in [7, 11) is -2.91. The maximum atomic E-state index is 16.4. The minimum absolute atomic E-state index is 0.166. The highest BCUT2D eigenvalue weighted by Crippen LogP contribution is 2.38. The molecule has 0 aliphatic heterocycles. The first kappa shape index (κ1) is 31.7. The smallest absolute Gasteiger partial charge is 0.253 e. The van der Waals surface area contributed by atoms with Gasteiger partial charge in [-0.15, -0.1) is 0 Å². The Kier molecular flexibility index (Phi) is 10.1. The summed E-state index contributed by atoms with van der Waals surface area (Å²) in [6.07, 6.45) is 2.97. The van der Waals surface area contributed by atoms with Crippen LogP contribution in [0, 0.1) is 0 Å². The predicted molar refractivity (Wildman–Crippen MR) is 161 cm³/mol. The van der Waals surface area contributed by atoms with Crippen LogP contribution in [-0.4, -0.2) is 50.5 Å². The molecule has 3 aromatic carbocycles. The molecule has 3 unspecified atom stereocenters. The number of ether oxygens (including phenoxy) is 1. The summed E-state index contributed by atoms with van der Waals surface area (Å²) in [5.74, 6) is -0.441. The molecule has 0 bridgehead atoms. The first-order chi connectivity index (χ1) is 19.9. The predicted octanol–water partition coefficient (Wildman–Crippen LogP) is 7.12. The van der Waals surface area contributed by atoms with E-state index in [2.05, 4.69) is 5.32 Å². The number of carbonyl (C=O) groups is 1. The number of halogens is 4. The molecule has 0 spiro atoms. The molecule has 1 amide bonds. The zero-order valence-corrected chi connectivity index (χ0v) is 25.3. The lowest BCUT2D eigenvalue weighted by atomic mass is 10.0. The summed E-state index contributed by atoms with van der Waals surface area (Å²) in [4.78, 5) is 13.9. The van der Waals surface area contributed by atoms with Gasteiger partial charge in [0.05, 0.1) is 17.5 Å². The summed E-state index contributed by atoms with van der Waals surface area (Å²) in [5, 5.41) is 0.743. The Bertz CT molecular complexity index is 1600. The van der Waals surface area contributed by atoms with Crippen LogP contribution in [0.1, 0.15) is 35.3 Å². The van der Waals surface area contributed by atoms with Gasteiger partial charge in [-0.05, 0) is 80.1 Å². The van der Waals surface area contributed by atoms with Gasteiger partial charge in [-0.1, -0.05) is 47.5 Å².